The van der Waals surface area contributed by atoms with Crippen molar-refractivity contribution in [3.05, 3.63) is 22.8 Å². The third-order valence-electron chi connectivity index (χ3n) is 1.51. The van der Waals surface area contributed by atoms with Crippen LogP contribution in [0.5, 0.6) is 5.88 Å². The van der Waals surface area contributed by atoms with E-state index in [0.717, 1.165) is 10.4 Å². The Bertz CT molecular complexity index is 243. The summed E-state index contributed by atoms with van der Waals surface area (Å²) in [5.74, 6) is 0.732. The van der Waals surface area contributed by atoms with Gasteiger partial charge >= 0.3 is 0 Å². The lowest BCUT2D eigenvalue weighted by atomic mass is 10.5. The quantitative estimate of drug-likeness (QED) is 0.753. The first-order chi connectivity index (χ1) is 5.34. The lowest BCUT2D eigenvalue weighted by Gasteiger charge is -2.00. The Labute approximate surface area is 73.7 Å². The number of aromatic nitrogens is 1. The van der Waals surface area contributed by atoms with Crippen molar-refractivity contribution in [1.82, 2.24) is 4.98 Å². The topological polar surface area (TPSA) is 22.1 Å². The van der Waals surface area contributed by atoms with Gasteiger partial charge in [0.2, 0.25) is 5.88 Å². The highest BCUT2D eigenvalue weighted by Crippen LogP contribution is 2.25. The molecule has 1 heterocycles. The van der Waals surface area contributed by atoms with Gasteiger partial charge in [-0.2, -0.15) is 0 Å². The van der Waals surface area contributed by atoms with Gasteiger partial charge in [-0.05, 0) is 34.8 Å². The highest BCUT2D eigenvalue weighted by Gasteiger charge is 2.23. The van der Waals surface area contributed by atoms with E-state index in [9.17, 15) is 0 Å². The van der Waals surface area contributed by atoms with Gasteiger partial charge in [0.1, 0.15) is 6.10 Å². The molecule has 2 rings (SSSR count). The molecule has 1 fully saturated rings. The molecule has 0 aliphatic heterocycles. The zero-order valence-electron chi connectivity index (χ0n) is 5.96. The molecule has 1 aliphatic carbocycles. The van der Waals surface area contributed by atoms with Gasteiger partial charge in [-0.15, -0.1) is 0 Å². The Morgan fingerprint density at radius 3 is 2.82 bits per heavy atom. The molecule has 1 aliphatic rings. The van der Waals surface area contributed by atoms with Crippen LogP contribution in [0, 0.1) is 0 Å². The summed E-state index contributed by atoms with van der Waals surface area (Å²) in [7, 11) is 0. The van der Waals surface area contributed by atoms with Crippen molar-refractivity contribution in [1.29, 1.82) is 0 Å². The van der Waals surface area contributed by atoms with Crippen molar-refractivity contribution in [2.24, 2.45) is 0 Å². The maximum Gasteiger partial charge on any atom is 0.213 e. The average molecular weight is 214 g/mol. The molecule has 0 bridgehead atoms. The lowest BCUT2D eigenvalue weighted by Crippen LogP contribution is -1.97. The summed E-state index contributed by atoms with van der Waals surface area (Å²) in [5, 5.41) is 0. The smallest absolute Gasteiger partial charge is 0.213 e. The molecule has 0 radical (unpaired) electrons. The number of ether oxygens (including phenoxy) is 1. The first-order valence-corrected chi connectivity index (χ1v) is 4.42. The minimum absolute atomic E-state index is 0.434. The van der Waals surface area contributed by atoms with E-state index in [1.807, 2.05) is 12.1 Å². The van der Waals surface area contributed by atoms with Gasteiger partial charge in [-0.1, -0.05) is 0 Å². The summed E-state index contributed by atoms with van der Waals surface area (Å²) in [6, 6.07) is 3.81. The van der Waals surface area contributed by atoms with E-state index in [-0.39, 0.29) is 0 Å². The van der Waals surface area contributed by atoms with Gasteiger partial charge in [-0.3, -0.25) is 0 Å². The fourth-order valence-electron chi connectivity index (χ4n) is 0.789. The van der Waals surface area contributed by atoms with Crippen LogP contribution in [0.15, 0.2) is 22.8 Å². The van der Waals surface area contributed by atoms with Gasteiger partial charge in [0, 0.05) is 16.7 Å². The minimum Gasteiger partial charge on any atom is -0.474 e. The van der Waals surface area contributed by atoms with Crippen LogP contribution in [0.25, 0.3) is 0 Å². The van der Waals surface area contributed by atoms with E-state index >= 15 is 0 Å². The molecular weight excluding hydrogens is 206 g/mol. The number of nitrogens with zero attached hydrogens (tertiary/aromatic N) is 1. The first kappa shape index (κ1) is 7.10. The zero-order valence-corrected chi connectivity index (χ0v) is 7.54. The van der Waals surface area contributed by atoms with Crippen molar-refractivity contribution in [2.75, 3.05) is 0 Å². The summed E-state index contributed by atoms with van der Waals surface area (Å²) in [6.07, 6.45) is 4.54. The average Bonchev–Trinajstić information content (AvgIpc) is 2.78. The van der Waals surface area contributed by atoms with Crippen molar-refractivity contribution in [3.8, 4) is 5.88 Å². The maximum atomic E-state index is 5.45. The van der Waals surface area contributed by atoms with Crippen LogP contribution in [-0.4, -0.2) is 11.1 Å². The predicted octanol–water partition coefficient (Wildman–Crippen LogP) is 2.39. The molecule has 3 heteroatoms. The maximum absolute atomic E-state index is 5.45. The van der Waals surface area contributed by atoms with E-state index in [1.165, 1.54) is 12.8 Å². The molecule has 0 spiro atoms. The van der Waals surface area contributed by atoms with E-state index < -0.39 is 0 Å². The number of hydrogen-bond donors (Lipinski definition) is 0. The van der Waals surface area contributed by atoms with Crippen LogP contribution in [0.4, 0.5) is 0 Å². The van der Waals surface area contributed by atoms with Crippen molar-refractivity contribution in [3.63, 3.8) is 0 Å². The van der Waals surface area contributed by atoms with Crippen LogP contribution in [0.1, 0.15) is 12.8 Å². The molecule has 1 aromatic heterocycles. The van der Waals surface area contributed by atoms with Crippen LogP contribution in [0.3, 0.4) is 0 Å². The van der Waals surface area contributed by atoms with Crippen molar-refractivity contribution >= 4 is 15.9 Å². The highest BCUT2D eigenvalue weighted by atomic mass is 79.9. The predicted molar refractivity (Wildman–Crippen MR) is 45.6 cm³/mol. The Balaban J connectivity index is 2.06. The fourth-order valence-corrected chi connectivity index (χ4v) is 1.02. The molecule has 11 heavy (non-hydrogen) atoms. The van der Waals surface area contributed by atoms with E-state index in [4.69, 9.17) is 4.74 Å². The summed E-state index contributed by atoms with van der Waals surface area (Å²) in [4.78, 5) is 4.09. The van der Waals surface area contributed by atoms with Crippen LogP contribution in [0.2, 0.25) is 0 Å². The summed E-state index contributed by atoms with van der Waals surface area (Å²) in [5.41, 5.74) is 0. The third-order valence-corrected chi connectivity index (χ3v) is 1.98. The normalized spacial score (nSPS) is 16.5. The minimum atomic E-state index is 0.434. The largest absolute Gasteiger partial charge is 0.474 e. The summed E-state index contributed by atoms with van der Waals surface area (Å²) < 4.78 is 6.44. The van der Waals surface area contributed by atoms with Gasteiger partial charge in [0.15, 0.2) is 0 Å². The lowest BCUT2D eigenvalue weighted by molar-refractivity contribution is 0.291. The molecule has 58 valence electrons. The second-order valence-electron chi connectivity index (χ2n) is 2.63. The first-order valence-electron chi connectivity index (χ1n) is 3.63. The molecular formula is C8H8BrNO. The van der Waals surface area contributed by atoms with Gasteiger partial charge in [0.25, 0.3) is 0 Å². The molecule has 0 N–H and O–H groups in total. The Morgan fingerprint density at radius 1 is 1.45 bits per heavy atom. The van der Waals surface area contributed by atoms with Crippen LogP contribution < -0.4 is 4.74 Å². The Hall–Kier alpha value is -0.570. The number of halogens is 1. The molecule has 0 aromatic carbocycles. The number of hydrogen-bond acceptors (Lipinski definition) is 2. The number of pyridine rings is 1. The second kappa shape index (κ2) is 2.81. The Kier molecular flexibility index (Phi) is 1.82. The molecule has 1 aromatic rings. The molecule has 0 atom stereocenters. The standard InChI is InChI=1S/C8H8BrNO/c9-6-1-4-8(10-5-6)11-7-2-3-7/h1,4-5,7H,2-3H2. The fraction of sp³-hybridized carbons (Fsp3) is 0.375. The van der Waals surface area contributed by atoms with Gasteiger partial charge in [0.05, 0.1) is 0 Å². The molecule has 0 unspecified atom stereocenters. The zero-order chi connectivity index (χ0) is 7.68. The van der Waals surface area contributed by atoms with Crippen LogP contribution in [-0.2, 0) is 0 Å². The highest BCUT2D eigenvalue weighted by molar-refractivity contribution is 9.10. The molecule has 2 nitrogen and oxygen atoms in total. The van der Waals surface area contributed by atoms with E-state index in [0.29, 0.717) is 6.10 Å². The van der Waals surface area contributed by atoms with Gasteiger partial charge < -0.3 is 4.74 Å². The van der Waals surface area contributed by atoms with Gasteiger partial charge in [-0.25, -0.2) is 4.98 Å². The summed E-state index contributed by atoms with van der Waals surface area (Å²) in [6.45, 7) is 0. The molecule has 0 amide bonds. The van der Waals surface area contributed by atoms with E-state index in [1.54, 1.807) is 6.20 Å². The second-order valence-corrected chi connectivity index (χ2v) is 3.55. The molecule has 0 saturated heterocycles. The van der Waals surface area contributed by atoms with E-state index in [2.05, 4.69) is 20.9 Å². The number of rotatable bonds is 2. The summed E-state index contributed by atoms with van der Waals surface area (Å²) >= 11 is 3.31. The SMILES string of the molecule is Brc1ccc(OC2CC2)nc1. The monoisotopic (exact) mass is 213 g/mol. The Morgan fingerprint density at radius 2 is 2.27 bits per heavy atom. The third kappa shape index (κ3) is 1.93. The van der Waals surface area contributed by atoms with Crippen molar-refractivity contribution in [2.45, 2.75) is 18.9 Å². The van der Waals surface area contributed by atoms with Crippen LogP contribution >= 0.6 is 15.9 Å². The van der Waals surface area contributed by atoms with Crippen molar-refractivity contribution < 1.29 is 4.74 Å². The molecule has 1 saturated carbocycles.